The number of benzene rings is 1. The van der Waals surface area contributed by atoms with E-state index < -0.39 is 0 Å². The Bertz CT molecular complexity index is 414. The van der Waals surface area contributed by atoms with Gasteiger partial charge in [0.25, 0.3) is 5.91 Å². The van der Waals surface area contributed by atoms with E-state index in [0.29, 0.717) is 5.92 Å². The zero-order valence-electron chi connectivity index (χ0n) is 10.7. The van der Waals surface area contributed by atoms with Crippen LogP contribution in [-0.2, 0) is 0 Å². The predicted octanol–water partition coefficient (Wildman–Crippen LogP) is 2.52. The fourth-order valence-corrected chi connectivity index (χ4v) is 2.89. The number of halogens is 1. The summed E-state index contributed by atoms with van der Waals surface area (Å²) in [6, 6.07) is 7.64. The smallest absolute Gasteiger partial charge is 0.254 e. The van der Waals surface area contributed by atoms with Gasteiger partial charge in [-0.15, -0.1) is 0 Å². The fraction of sp³-hybridized carbons (Fsp3) is 0.500. The second kappa shape index (κ2) is 6.34. The zero-order valence-corrected chi connectivity index (χ0v) is 12.2. The minimum Gasteiger partial charge on any atom is -0.339 e. The summed E-state index contributed by atoms with van der Waals surface area (Å²) in [6.45, 7) is 2.79. The molecule has 1 heterocycles. The highest BCUT2D eigenvalue weighted by molar-refractivity contribution is 9.10. The van der Waals surface area contributed by atoms with Gasteiger partial charge in [-0.05, 0) is 60.4 Å². The molecule has 0 aromatic heterocycles. The fourth-order valence-electron chi connectivity index (χ4n) is 2.43. The molecule has 0 aliphatic carbocycles. The molecule has 1 fully saturated rings. The van der Waals surface area contributed by atoms with E-state index in [1.165, 1.54) is 0 Å². The third-order valence-corrected chi connectivity index (χ3v) is 4.19. The van der Waals surface area contributed by atoms with Gasteiger partial charge in [-0.25, -0.2) is 0 Å². The van der Waals surface area contributed by atoms with Gasteiger partial charge in [0.15, 0.2) is 0 Å². The number of carbonyl (C=O) groups excluding carboxylic acids is 1. The molecular weight excluding hydrogens is 292 g/mol. The van der Waals surface area contributed by atoms with Crippen LogP contribution in [0.15, 0.2) is 28.7 Å². The van der Waals surface area contributed by atoms with Crippen LogP contribution in [0.2, 0.25) is 0 Å². The molecule has 0 saturated carbocycles. The SMILES string of the molecule is CNCC1CCN(C(=O)c2ccccc2Br)CC1. The average molecular weight is 311 g/mol. The molecule has 0 radical (unpaired) electrons. The van der Waals surface area contributed by atoms with Crippen LogP contribution < -0.4 is 5.32 Å². The molecule has 0 atom stereocenters. The monoisotopic (exact) mass is 310 g/mol. The number of hydrogen-bond donors (Lipinski definition) is 1. The molecule has 1 aromatic carbocycles. The minimum atomic E-state index is 0.144. The second-order valence-electron chi connectivity index (χ2n) is 4.77. The van der Waals surface area contributed by atoms with E-state index in [1.807, 2.05) is 36.2 Å². The van der Waals surface area contributed by atoms with Crippen LogP contribution in [0.25, 0.3) is 0 Å². The Morgan fingerprint density at radius 3 is 2.67 bits per heavy atom. The number of likely N-dealkylation sites (tertiary alicyclic amines) is 1. The van der Waals surface area contributed by atoms with E-state index in [0.717, 1.165) is 42.5 Å². The van der Waals surface area contributed by atoms with Gasteiger partial charge in [0.05, 0.1) is 5.56 Å². The number of nitrogens with one attached hydrogen (secondary N) is 1. The van der Waals surface area contributed by atoms with Crippen molar-refractivity contribution in [2.24, 2.45) is 5.92 Å². The number of carbonyl (C=O) groups is 1. The van der Waals surface area contributed by atoms with E-state index in [4.69, 9.17) is 0 Å². The van der Waals surface area contributed by atoms with Crippen LogP contribution in [0.1, 0.15) is 23.2 Å². The average Bonchev–Trinajstić information content (AvgIpc) is 2.40. The maximum absolute atomic E-state index is 12.4. The largest absolute Gasteiger partial charge is 0.339 e. The van der Waals surface area contributed by atoms with Crippen LogP contribution in [0.4, 0.5) is 0 Å². The van der Waals surface area contributed by atoms with Crippen LogP contribution >= 0.6 is 15.9 Å². The number of rotatable bonds is 3. The first kappa shape index (κ1) is 13.6. The van der Waals surface area contributed by atoms with Crippen molar-refractivity contribution < 1.29 is 4.79 Å². The van der Waals surface area contributed by atoms with Crippen LogP contribution in [-0.4, -0.2) is 37.5 Å². The number of amides is 1. The molecule has 1 aliphatic heterocycles. The maximum atomic E-state index is 12.4. The molecule has 0 bridgehead atoms. The molecule has 2 rings (SSSR count). The standard InChI is InChI=1S/C14H19BrN2O/c1-16-10-11-6-8-17(9-7-11)14(18)12-4-2-3-5-13(12)15/h2-5,11,16H,6-10H2,1H3. The van der Waals surface area contributed by atoms with Crippen molar-refractivity contribution in [1.29, 1.82) is 0 Å². The van der Waals surface area contributed by atoms with E-state index in [-0.39, 0.29) is 5.91 Å². The topological polar surface area (TPSA) is 32.3 Å². The van der Waals surface area contributed by atoms with Gasteiger partial charge in [0.2, 0.25) is 0 Å². The van der Waals surface area contributed by atoms with Gasteiger partial charge in [0, 0.05) is 17.6 Å². The normalized spacial score (nSPS) is 16.9. The summed E-state index contributed by atoms with van der Waals surface area (Å²) in [7, 11) is 1.98. The first-order valence-electron chi connectivity index (χ1n) is 6.40. The zero-order chi connectivity index (χ0) is 13.0. The lowest BCUT2D eigenvalue weighted by molar-refractivity contribution is 0.0690. The van der Waals surface area contributed by atoms with Crippen molar-refractivity contribution >= 4 is 21.8 Å². The van der Waals surface area contributed by atoms with Crippen molar-refractivity contribution in [2.45, 2.75) is 12.8 Å². The van der Waals surface area contributed by atoms with Gasteiger partial charge in [-0.3, -0.25) is 4.79 Å². The van der Waals surface area contributed by atoms with E-state index in [9.17, 15) is 4.79 Å². The Morgan fingerprint density at radius 1 is 1.39 bits per heavy atom. The van der Waals surface area contributed by atoms with Crippen molar-refractivity contribution in [2.75, 3.05) is 26.7 Å². The molecule has 1 N–H and O–H groups in total. The Hall–Kier alpha value is -0.870. The Morgan fingerprint density at radius 2 is 2.06 bits per heavy atom. The summed E-state index contributed by atoms with van der Waals surface area (Å²) in [5.41, 5.74) is 0.768. The van der Waals surface area contributed by atoms with Gasteiger partial charge in [0.1, 0.15) is 0 Å². The third kappa shape index (κ3) is 3.12. The van der Waals surface area contributed by atoms with Crippen LogP contribution in [0.3, 0.4) is 0 Å². The third-order valence-electron chi connectivity index (χ3n) is 3.50. The van der Waals surface area contributed by atoms with Crippen molar-refractivity contribution in [3.8, 4) is 0 Å². The molecule has 1 amide bonds. The number of hydrogen-bond acceptors (Lipinski definition) is 2. The summed E-state index contributed by atoms with van der Waals surface area (Å²) in [5, 5.41) is 3.21. The van der Waals surface area contributed by atoms with Crippen LogP contribution in [0.5, 0.6) is 0 Å². The first-order chi connectivity index (χ1) is 8.72. The van der Waals surface area contributed by atoms with Crippen molar-refractivity contribution in [3.05, 3.63) is 34.3 Å². The molecular formula is C14H19BrN2O. The highest BCUT2D eigenvalue weighted by Gasteiger charge is 2.24. The molecule has 3 nitrogen and oxygen atoms in total. The van der Waals surface area contributed by atoms with Gasteiger partial charge in [-0.1, -0.05) is 12.1 Å². The lowest BCUT2D eigenvalue weighted by Gasteiger charge is -2.32. The molecule has 1 aromatic rings. The predicted molar refractivity (Wildman–Crippen MR) is 76.7 cm³/mol. The molecule has 1 saturated heterocycles. The number of nitrogens with zero attached hydrogens (tertiary/aromatic N) is 1. The first-order valence-corrected chi connectivity index (χ1v) is 7.20. The highest BCUT2D eigenvalue weighted by atomic mass is 79.9. The summed E-state index contributed by atoms with van der Waals surface area (Å²) >= 11 is 3.44. The lowest BCUT2D eigenvalue weighted by Crippen LogP contribution is -2.40. The van der Waals surface area contributed by atoms with Crippen molar-refractivity contribution in [3.63, 3.8) is 0 Å². The molecule has 98 valence electrons. The second-order valence-corrected chi connectivity index (χ2v) is 5.63. The molecule has 0 spiro atoms. The highest BCUT2D eigenvalue weighted by Crippen LogP contribution is 2.22. The quantitative estimate of drug-likeness (QED) is 0.930. The molecule has 0 unspecified atom stereocenters. The van der Waals surface area contributed by atoms with Crippen LogP contribution in [0, 0.1) is 5.92 Å². The maximum Gasteiger partial charge on any atom is 0.254 e. The Labute approximate surface area is 117 Å². The molecule has 4 heteroatoms. The minimum absolute atomic E-state index is 0.144. The van der Waals surface area contributed by atoms with Gasteiger partial charge >= 0.3 is 0 Å². The van der Waals surface area contributed by atoms with Crippen molar-refractivity contribution in [1.82, 2.24) is 10.2 Å². The molecule has 1 aliphatic rings. The Kier molecular flexibility index (Phi) is 4.78. The van der Waals surface area contributed by atoms with E-state index >= 15 is 0 Å². The number of piperidine rings is 1. The van der Waals surface area contributed by atoms with E-state index in [2.05, 4.69) is 21.2 Å². The summed E-state index contributed by atoms with van der Waals surface area (Å²) in [6.07, 6.45) is 2.19. The molecule has 18 heavy (non-hydrogen) atoms. The summed E-state index contributed by atoms with van der Waals surface area (Å²) < 4.78 is 0.882. The van der Waals surface area contributed by atoms with Gasteiger partial charge < -0.3 is 10.2 Å². The summed E-state index contributed by atoms with van der Waals surface area (Å²) in [4.78, 5) is 14.3. The lowest BCUT2D eigenvalue weighted by atomic mass is 9.96. The Balaban J connectivity index is 1.98. The van der Waals surface area contributed by atoms with Gasteiger partial charge in [-0.2, -0.15) is 0 Å². The van der Waals surface area contributed by atoms with E-state index in [1.54, 1.807) is 0 Å². The summed E-state index contributed by atoms with van der Waals surface area (Å²) in [5.74, 6) is 0.851.